The monoisotopic (exact) mass is 504 g/mol. The smallest absolute Gasteiger partial charge is 0.234 e. The number of anilines is 4. The predicted octanol–water partition coefficient (Wildman–Crippen LogP) is 3.18. The molecule has 1 aliphatic heterocycles. The van der Waals surface area contributed by atoms with E-state index in [-0.39, 0.29) is 11.8 Å². The molecule has 1 saturated carbocycles. The van der Waals surface area contributed by atoms with Crippen LogP contribution in [0.15, 0.2) is 40.4 Å². The number of hydrogen-bond donors (Lipinski definition) is 3. The van der Waals surface area contributed by atoms with Gasteiger partial charge in [-0.2, -0.15) is 25.3 Å². The molecule has 3 heterocycles. The van der Waals surface area contributed by atoms with Gasteiger partial charge in [-0.3, -0.25) is 14.8 Å². The molecule has 186 valence electrons. The SMILES string of the molecule is Cc1cc(Nc2nc(Sc3ccc(NC(=O)C4CC4)cc3)nc(N3CCN(CCC#N)CC3)n2)n[nH]1. The Morgan fingerprint density at radius 3 is 2.61 bits per heavy atom. The molecular weight excluding hydrogens is 476 g/mol. The predicted molar refractivity (Wildman–Crippen MR) is 137 cm³/mol. The second-order valence-electron chi connectivity index (χ2n) is 8.93. The van der Waals surface area contributed by atoms with Gasteiger partial charge in [-0.25, -0.2) is 0 Å². The number of aryl methyl sites for hydroxylation is 1. The molecule has 12 heteroatoms. The van der Waals surface area contributed by atoms with Gasteiger partial charge in [0.25, 0.3) is 0 Å². The molecule has 1 saturated heterocycles. The van der Waals surface area contributed by atoms with Gasteiger partial charge >= 0.3 is 0 Å². The maximum Gasteiger partial charge on any atom is 0.234 e. The highest BCUT2D eigenvalue weighted by atomic mass is 32.2. The fourth-order valence-corrected chi connectivity index (χ4v) is 4.61. The lowest BCUT2D eigenvalue weighted by Gasteiger charge is -2.34. The molecule has 36 heavy (non-hydrogen) atoms. The summed E-state index contributed by atoms with van der Waals surface area (Å²) in [6.07, 6.45) is 2.49. The lowest BCUT2D eigenvalue weighted by Crippen LogP contribution is -2.47. The number of hydrogen-bond acceptors (Lipinski definition) is 10. The largest absolute Gasteiger partial charge is 0.338 e. The number of nitrogens with one attached hydrogen (secondary N) is 3. The number of carbonyl (C=O) groups excluding carboxylic acids is 1. The summed E-state index contributed by atoms with van der Waals surface area (Å²) >= 11 is 1.44. The van der Waals surface area contributed by atoms with E-state index >= 15 is 0 Å². The highest BCUT2D eigenvalue weighted by molar-refractivity contribution is 7.99. The van der Waals surface area contributed by atoms with E-state index in [2.05, 4.69) is 46.7 Å². The average Bonchev–Trinajstić information content (AvgIpc) is 3.66. The number of piperazine rings is 1. The fourth-order valence-electron chi connectivity index (χ4n) is 3.87. The summed E-state index contributed by atoms with van der Waals surface area (Å²) in [5, 5.41) is 22.7. The van der Waals surface area contributed by atoms with Crippen LogP contribution in [-0.2, 0) is 4.79 Å². The third-order valence-electron chi connectivity index (χ3n) is 6.02. The molecule has 0 radical (unpaired) electrons. The first-order chi connectivity index (χ1) is 17.6. The minimum atomic E-state index is 0.0922. The van der Waals surface area contributed by atoms with Crippen molar-refractivity contribution in [3.63, 3.8) is 0 Å². The van der Waals surface area contributed by atoms with Gasteiger partial charge in [0.15, 0.2) is 11.0 Å². The number of nitriles is 1. The second kappa shape index (κ2) is 10.9. The van der Waals surface area contributed by atoms with Crippen LogP contribution < -0.4 is 15.5 Å². The van der Waals surface area contributed by atoms with Crippen LogP contribution in [0.2, 0.25) is 0 Å². The van der Waals surface area contributed by atoms with Crippen molar-refractivity contribution < 1.29 is 4.79 Å². The van der Waals surface area contributed by atoms with Crippen molar-refractivity contribution in [3.8, 4) is 6.07 Å². The molecule has 2 fully saturated rings. The van der Waals surface area contributed by atoms with Gasteiger partial charge in [0.05, 0.1) is 6.07 Å². The van der Waals surface area contributed by atoms with E-state index in [4.69, 9.17) is 10.2 Å². The molecule has 2 aromatic heterocycles. The van der Waals surface area contributed by atoms with Gasteiger partial charge in [0.1, 0.15) is 0 Å². The van der Waals surface area contributed by atoms with E-state index in [1.54, 1.807) is 0 Å². The Balaban J connectivity index is 1.31. The lowest BCUT2D eigenvalue weighted by molar-refractivity contribution is -0.117. The molecular formula is C24H28N10OS. The summed E-state index contributed by atoms with van der Waals surface area (Å²) in [5.41, 5.74) is 1.72. The molecule has 0 unspecified atom stereocenters. The topological polar surface area (TPSA) is 139 Å². The van der Waals surface area contributed by atoms with Gasteiger partial charge in [-0.15, -0.1) is 0 Å². The molecule has 5 rings (SSSR count). The first kappa shape index (κ1) is 24.0. The Morgan fingerprint density at radius 2 is 1.94 bits per heavy atom. The van der Waals surface area contributed by atoms with E-state index < -0.39 is 0 Å². The van der Waals surface area contributed by atoms with Crippen LogP contribution in [0.3, 0.4) is 0 Å². The van der Waals surface area contributed by atoms with Crippen LogP contribution in [0, 0.1) is 24.2 Å². The molecule has 1 aliphatic carbocycles. The summed E-state index contributed by atoms with van der Waals surface area (Å²) < 4.78 is 0. The number of aromatic amines is 1. The Kier molecular flexibility index (Phi) is 7.29. The number of rotatable bonds is 9. The van der Waals surface area contributed by atoms with Gasteiger partial charge in [0.2, 0.25) is 17.8 Å². The minimum Gasteiger partial charge on any atom is -0.338 e. The maximum absolute atomic E-state index is 12.0. The van der Waals surface area contributed by atoms with Crippen molar-refractivity contribution in [2.45, 2.75) is 36.2 Å². The van der Waals surface area contributed by atoms with Crippen molar-refractivity contribution in [1.82, 2.24) is 30.0 Å². The first-order valence-corrected chi connectivity index (χ1v) is 12.9. The third-order valence-corrected chi connectivity index (χ3v) is 6.90. The molecule has 11 nitrogen and oxygen atoms in total. The first-order valence-electron chi connectivity index (χ1n) is 12.0. The Bertz CT molecular complexity index is 1240. The van der Waals surface area contributed by atoms with Crippen LogP contribution in [0.5, 0.6) is 0 Å². The van der Waals surface area contributed by atoms with E-state index in [0.29, 0.717) is 29.3 Å². The molecule has 2 aliphatic rings. The van der Waals surface area contributed by atoms with Gasteiger partial charge < -0.3 is 15.5 Å². The van der Waals surface area contributed by atoms with Gasteiger partial charge in [-0.05, 0) is 55.8 Å². The molecule has 1 aromatic carbocycles. The normalized spacial score (nSPS) is 15.9. The number of benzene rings is 1. The van der Waals surface area contributed by atoms with Crippen LogP contribution in [0.25, 0.3) is 0 Å². The summed E-state index contributed by atoms with van der Waals surface area (Å²) in [6, 6.07) is 11.8. The van der Waals surface area contributed by atoms with Crippen LogP contribution in [0.4, 0.5) is 23.4 Å². The number of H-pyrrole nitrogens is 1. The number of carbonyl (C=O) groups is 1. The zero-order valence-electron chi connectivity index (χ0n) is 20.1. The Hall–Kier alpha value is -3.69. The molecule has 1 amide bonds. The molecule has 3 N–H and O–H groups in total. The molecule has 0 atom stereocenters. The van der Waals surface area contributed by atoms with E-state index in [1.807, 2.05) is 37.3 Å². The number of amides is 1. The molecule has 0 spiro atoms. The van der Waals surface area contributed by atoms with Crippen molar-refractivity contribution >= 4 is 41.1 Å². The quantitative estimate of drug-likeness (QED) is 0.398. The fraction of sp³-hybridized carbons (Fsp3) is 0.417. The zero-order chi connectivity index (χ0) is 24.9. The average molecular weight is 505 g/mol. The van der Waals surface area contributed by atoms with Gasteiger partial charge in [-0.1, -0.05) is 0 Å². The van der Waals surface area contributed by atoms with E-state index in [9.17, 15) is 4.79 Å². The van der Waals surface area contributed by atoms with Crippen LogP contribution in [-0.4, -0.2) is 68.7 Å². The number of aromatic nitrogens is 5. The Labute approximate surface area is 213 Å². The highest BCUT2D eigenvalue weighted by Crippen LogP contribution is 2.31. The van der Waals surface area contributed by atoms with Gasteiger partial charge in [0, 0.05) is 67.4 Å². The van der Waals surface area contributed by atoms with E-state index in [1.165, 1.54) is 11.8 Å². The highest BCUT2D eigenvalue weighted by Gasteiger charge is 2.29. The summed E-state index contributed by atoms with van der Waals surface area (Å²) in [5.74, 6) is 1.93. The Morgan fingerprint density at radius 1 is 1.17 bits per heavy atom. The standard InChI is InChI=1S/C24H28N10OS/c1-16-15-20(32-31-16)27-22-28-23(34-13-11-33(12-14-34)10-2-9-25)30-24(29-22)36-19-7-5-18(6-8-19)26-21(35)17-3-4-17/h5-8,15,17H,2-4,10-14H2,1H3,(H,26,35)(H2,27,28,29,30,31,32). The van der Waals surface area contributed by atoms with Crippen LogP contribution >= 0.6 is 11.8 Å². The van der Waals surface area contributed by atoms with Crippen molar-refractivity contribution in [2.24, 2.45) is 5.92 Å². The summed E-state index contributed by atoms with van der Waals surface area (Å²) in [4.78, 5) is 31.4. The van der Waals surface area contributed by atoms with Crippen molar-refractivity contribution in [3.05, 3.63) is 36.0 Å². The third kappa shape index (κ3) is 6.30. The second-order valence-corrected chi connectivity index (χ2v) is 9.97. The summed E-state index contributed by atoms with van der Waals surface area (Å²) in [6.45, 7) is 5.97. The van der Waals surface area contributed by atoms with E-state index in [0.717, 1.165) is 61.8 Å². The zero-order valence-corrected chi connectivity index (χ0v) is 20.9. The lowest BCUT2D eigenvalue weighted by atomic mass is 10.3. The summed E-state index contributed by atoms with van der Waals surface area (Å²) in [7, 11) is 0. The van der Waals surface area contributed by atoms with Crippen molar-refractivity contribution in [1.29, 1.82) is 5.26 Å². The minimum absolute atomic E-state index is 0.0922. The van der Waals surface area contributed by atoms with Crippen molar-refractivity contribution in [2.75, 3.05) is 48.3 Å². The van der Waals surface area contributed by atoms with Crippen LogP contribution in [0.1, 0.15) is 25.0 Å². The molecule has 0 bridgehead atoms. The molecule has 3 aromatic rings. The number of nitrogens with zero attached hydrogens (tertiary/aromatic N) is 7. The maximum atomic E-state index is 12.0.